The number of hydrogen-bond donors (Lipinski definition) is 6. The molecule has 0 radical (unpaired) electrons. The minimum Gasteiger partial charge on any atom is -0.481 e. The molecule has 0 aromatic rings. The normalized spacial score (nSPS) is 18.3. The first-order valence-corrected chi connectivity index (χ1v) is 10.7. The number of carboxylic acid groups (broad SMARTS) is 2. The van der Waals surface area contributed by atoms with Gasteiger partial charge in [-0.1, -0.05) is 13.8 Å². The van der Waals surface area contributed by atoms with E-state index in [-0.39, 0.29) is 31.7 Å². The van der Waals surface area contributed by atoms with Crippen LogP contribution in [0.3, 0.4) is 0 Å². The molecule has 13 nitrogen and oxygen atoms in total. The van der Waals surface area contributed by atoms with Gasteiger partial charge in [-0.3, -0.25) is 24.0 Å². The standard InChI is InChI=1S/C20H33N5O8/c1-10(2)8-11(21)17(29)24-13(9-16(27)28)18(30)23-12(5-6-15(22)26)19(31)25-7-3-4-14(25)20(32)33/h10-14H,3-9,21H2,1-2H3,(H2,22,26)(H,23,30)(H,24,29)(H,27,28)(H,32,33). The van der Waals surface area contributed by atoms with E-state index in [0.29, 0.717) is 12.8 Å². The second kappa shape index (κ2) is 12.7. The van der Waals surface area contributed by atoms with E-state index >= 15 is 0 Å². The van der Waals surface area contributed by atoms with Gasteiger partial charge in [0, 0.05) is 13.0 Å². The molecule has 33 heavy (non-hydrogen) atoms. The van der Waals surface area contributed by atoms with Gasteiger partial charge in [0.05, 0.1) is 12.5 Å². The van der Waals surface area contributed by atoms with Crippen LogP contribution in [0.15, 0.2) is 0 Å². The lowest BCUT2D eigenvalue weighted by Gasteiger charge is -2.28. The van der Waals surface area contributed by atoms with Gasteiger partial charge in [-0.25, -0.2) is 4.79 Å². The Morgan fingerprint density at radius 3 is 2.15 bits per heavy atom. The van der Waals surface area contributed by atoms with E-state index in [9.17, 15) is 33.9 Å². The molecule has 1 aliphatic heterocycles. The Labute approximate surface area is 191 Å². The highest BCUT2D eigenvalue weighted by atomic mass is 16.4. The molecule has 0 spiro atoms. The van der Waals surface area contributed by atoms with Gasteiger partial charge in [-0.05, 0) is 31.6 Å². The number of amides is 4. The van der Waals surface area contributed by atoms with Crippen molar-refractivity contribution in [3.05, 3.63) is 0 Å². The van der Waals surface area contributed by atoms with Crippen molar-refractivity contribution in [2.45, 2.75) is 76.5 Å². The average molecular weight is 472 g/mol. The SMILES string of the molecule is CC(C)CC(N)C(=O)NC(CC(=O)O)C(=O)NC(CCC(N)=O)C(=O)N1CCCC1C(=O)O. The minimum atomic E-state index is -1.54. The van der Waals surface area contributed by atoms with E-state index in [2.05, 4.69) is 10.6 Å². The van der Waals surface area contributed by atoms with Gasteiger partial charge in [0.15, 0.2) is 0 Å². The summed E-state index contributed by atoms with van der Waals surface area (Å²) >= 11 is 0. The maximum absolute atomic E-state index is 13.0. The maximum atomic E-state index is 13.0. The van der Waals surface area contributed by atoms with Gasteiger partial charge in [0.2, 0.25) is 23.6 Å². The number of nitrogens with zero attached hydrogens (tertiary/aromatic N) is 1. The summed E-state index contributed by atoms with van der Waals surface area (Å²) in [7, 11) is 0. The predicted molar refractivity (Wildman–Crippen MR) is 114 cm³/mol. The summed E-state index contributed by atoms with van der Waals surface area (Å²) in [6.07, 6.45) is -0.281. The molecular formula is C20H33N5O8. The van der Waals surface area contributed by atoms with Crippen LogP contribution in [0.5, 0.6) is 0 Å². The van der Waals surface area contributed by atoms with Gasteiger partial charge < -0.3 is 37.2 Å². The van der Waals surface area contributed by atoms with E-state index in [1.165, 1.54) is 0 Å². The number of nitrogens with one attached hydrogen (secondary N) is 2. The Balaban J connectivity index is 3.02. The van der Waals surface area contributed by atoms with E-state index in [4.69, 9.17) is 16.6 Å². The molecule has 0 bridgehead atoms. The molecule has 0 aromatic carbocycles. The third-order valence-corrected chi connectivity index (χ3v) is 5.19. The summed E-state index contributed by atoms with van der Waals surface area (Å²) in [5.74, 6) is -5.67. The number of rotatable bonds is 13. The van der Waals surface area contributed by atoms with Crippen molar-refractivity contribution >= 4 is 35.6 Å². The fraction of sp³-hybridized carbons (Fsp3) is 0.700. The molecule has 0 aromatic heterocycles. The van der Waals surface area contributed by atoms with E-state index in [1.54, 1.807) is 0 Å². The molecule has 0 aliphatic carbocycles. The topological polar surface area (TPSA) is 222 Å². The molecule has 4 atom stereocenters. The van der Waals surface area contributed by atoms with Crippen LogP contribution in [0.25, 0.3) is 0 Å². The first-order valence-electron chi connectivity index (χ1n) is 10.7. The molecule has 186 valence electrons. The van der Waals surface area contributed by atoms with Crippen LogP contribution < -0.4 is 22.1 Å². The molecule has 8 N–H and O–H groups in total. The lowest BCUT2D eigenvalue weighted by molar-refractivity contribution is -0.150. The predicted octanol–water partition coefficient (Wildman–Crippen LogP) is -1.85. The lowest BCUT2D eigenvalue weighted by atomic mass is 10.0. The largest absolute Gasteiger partial charge is 0.481 e. The number of nitrogens with two attached hydrogens (primary N) is 2. The van der Waals surface area contributed by atoms with Gasteiger partial charge in [0.25, 0.3) is 0 Å². The molecule has 1 heterocycles. The van der Waals surface area contributed by atoms with Crippen molar-refractivity contribution in [3.63, 3.8) is 0 Å². The van der Waals surface area contributed by atoms with Crippen LogP contribution in [0.1, 0.15) is 52.4 Å². The Morgan fingerprint density at radius 1 is 1.03 bits per heavy atom. The monoisotopic (exact) mass is 471 g/mol. The molecule has 4 unspecified atom stereocenters. The zero-order valence-corrected chi connectivity index (χ0v) is 18.8. The Kier molecular flexibility index (Phi) is 10.7. The van der Waals surface area contributed by atoms with Crippen LogP contribution in [-0.4, -0.2) is 81.4 Å². The second-order valence-corrected chi connectivity index (χ2v) is 8.49. The van der Waals surface area contributed by atoms with Gasteiger partial charge >= 0.3 is 11.9 Å². The van der Waals surface area contributed by atoms with E-state index < -0.39 is 66.2 Å². The number of likely N-dealkylation sites (tertiary alicyclic amines) is 1. The van der Waals surface area contributed by atoms with Crippen molar-refractivity contribution in [2.24, 2.45) is 17.4 Å². The van der Waals surface area contributed by atoms with Crippen LogP contribution in [-0.2, 0) is 28.8 Å². The summed E-state index contributed by atoms with van der Waals surface area (Å²) in [5.41, 5.74) is 10.9. The number of hydrogen-bond acceptors (Lipinski definition) is 7. The summed E-state index contributed by atoms with van der Waals surface area (Å²) in [6.45, 7) is 3.83. The van der Waals surface area contributed by atoms with Crippen LogP contribution in [0.4, 0.5) is 0 Å². The van der Waals surface area contributed by atoms with Crippen molar-refractivity contribution in [1.82, 2.24) is 15.5 Å². The molecular weight excluding hydrogens is 438 g/mol. The highest BCUT2D eigenvalue weighted by Gasteiger charge is 2.38. The van der Waals surface area contributed by atoms with Crippen LogP contribution in [0.2, 0.25) is 0 Å². The fourth-order valence-electron chi connectivity index (χ4n) is 3.58. The number of primary amides is 1. The number of aliphatic carboxylic acids is 2. The molecule has 0 saturated carbocycles. The summed E-state index contributed by atoms with van der Waals surface area (Å²) in [4.78, 5) is 73.1. The quantitative estimate of drug-likeness (QED) is 0.177. The first-order chi connectivity index (χ1) is 15.3. The Bertz CT molecular complexity index is 772. The Hall–Kier alpha value is -3.22. The van der Waals surface area contributed by atoms with Crippen molar-refractivity contribution in [3.8, 4) is 0 Å². The third-order valence-electron chi connectivity index (χ3n) is 5.19. The third kappa shape index (κ3) is 9.04. The summed E-state index contributed by atoms with van der Waals surface area (Å²) in [5, 5.41) is 23.1. The zero-order valence-electron chi connectivity index (χ0n) is 18.8. The summed E-state index contributed by atoms with van der Waals surface area (Å²) in [6, 6.07) is -4.91. The lowest BCUT2D eigenvalue weighted by Crippen LogP contribution is -2.57. The molecule has 1 rings (SSSR count). The molecule has 13 heteroatoms. The second-order valence-electron chi connectivity index (χ2n) is 8.49. The highest BCUT2D eigenvalue weighted by Crippen LogP contribution is 2.19. The number of carbonyl (C=O) groups excluding carboxylic acids is 4. The van der Waals surface area contributed by atoms with Gasteiger partial charge in [-0.2, -0.15) is 0 Å². The average Bonchev–Trinajstić information content (AvgIpc) is 3.19. The molecule has 4 amide bonds. The van der Waals surface area contributed by atoms with E-state index in [1.807, 2.05) is 13.8 Å². The maximum Gasteiger partial charge on any atom is 0.326 e. The van der Waals surface area contributed by atoms with Crippen molar-refractivity contribution < 1.29 is 39.0 Å². The van der Waals surface area contributed by atoms with Gasteiger partial charge in [-0.15, -0.1) is 0 Å². The smallest absolute Gasteiger partial charge is 0.326 e. The highest BCUT2D eigenvalue weighted by molar-refractivity contribution is 5.96. The van der Waals surface area contributed by atoms with Gasteiger partial charge in [0.1, 0.15) is 18.1 Å². The van der Waals surface area contributed by atoms with E-state index in [0.717, 1.165) is 4.90 Å². The molecule has 1 fully saturated rings. The molecule has 1 aliphatic rings. The number of carbonyl (C=O) groups is 6. The van der Waals surface area contributed by atoms with Crippen molar-refractivity contribution in [2.75, 3.05) is 6.54 Å². The van der Waals surface area contributed by atoms with Crippen LogP contribution >= 0.6 is 0 Å². The number of carboxylic acids is 2. The van der Waals surface area contributed by atoms with Crippen LogP contribution in [0, 0.1) is 5.92 Å². The summed E-state index contributed by atoms with van der Waals surface area (Å²) < 4.78 is 0. The molecule has 1 saturated heterocycles. The Morgan fingerprint density at radius 2 is 1.64 bits per heavy atom. The minimum absolute atomic E-state index is 0.0796. The first kappa shape index (κ1) is 27.8. The zero-order chi connectivity index (χ0) is 25.3. The fourth-order valence-corrected chi connectivity index (χ4v) is 3.58. The van der Waals surface area contributed by atoms with Crippen molar-refractivity contribution in [1.29, 1.82) is 0 Å².